The van der Waals surface area contributed by atoms with Gasteiger partial charge in [0, 0.05) is 25.6 Å². The van der Waals surface area contributed by atoms with Crippen molar-refractivity contribution in [2.24, 2.45) is 11.8 Å². The molecule has 0 bridgehead atoms. The number of hydrogen-bond donors (Lipinski definition) is 0. The molecule has 2 aliphatic rings. The maximum absolute atomic E-state index is 12.6. The molecule has 2 heterocycles. The highest BCUT2D eigenvalue weighted by atomic mass is 19.2. The summed E-state index contributed by atoms with van der Waals surface area (Å²) >= 11 is 0. The predicted molar refractivity (Wildman–Crippen MR) is 35.1 cm³/mol. The molecule has 0 radical (unpaired) electrons. The highest BCUT2D eigenvalue weighted by molar-refractivity contribution is 4.82. The molecular formula is C7H12FNO. The van der Waals surface area contributed by atoms with Crippen LogP contribution in [0.15, 0.2) is 0 Å². The lowest BCUT2D eigenvalue weighted by Crippen LogP contribution is -2.25. The van der Waals surface area contributed by atoms with Crippen LogP contribution in [0, 0.1) is 11.8 Å². The fourth-order valence-electron chi connectivity index (χ4n) is 1.87. The van der Waals surface area contributed by atoms with Crippen LogP contribution in [0.25, 0.3) is 0 Å². The van der Waals surface area contributed by atoms with E-state index in [0.717, 1.165) is 24.8 Å². The van der Waals surface area contributed by atoms with Crippen molar-refractivity contribution in [1.82, 2.24) is 5.12 Å². The van der Waals surface area contributed by atoms with Gasteiger partial charge in [-0.3, -0.25) is 0 Å². The number of rotatable bonds is 0. The first-order chi connectivity index (χ1) is 4.86. The number of hydrogen-bond acceptors (Lipinski definition) is 2. The van der Waals surface area contributed by atoms with E-state index in [2.05, 4.69) is 0 Å². The van der Waals surface area contributed by atoms with Gasteiger partial charge in [0.05, 0.1) is 6.61 Å². The van der Waals surface area contributed by atoms with Crippen LogP contribution in [0.1, 0.15) is 6.42 Å². The number of nitrogens with zero attached hydrogens (tertiary/aromatic N) is 1. The largest absolute Gasteiger partial charge is 0.381 e. The van der Waals surface area contributed by atoms with Crippen molar-refractivity contribution in [1.29, 1.82) is 0 Å². The normalized spacial score (nSPS) is 41.7. The zero-order valence-electron chi connectivity index (χ0n) is 5.92. The Labute approximate surface area is 59.9 Å². The fourth-order valence-corrected chi connectivity index (χ4v) is 1.87. The zero-order chi connectivity index (χ0) is 6.97. The van der Waals surface area contributed by atoms with Crippen LogP contribution in [0.5, 0.6) is 0 Å². The average Bonchev–Trinajstić information content (AvgIpc) is 2.27. The van der Waals surface area contributed by atoms with E-state index < -0.39 is 0 Å². The molecule has 0 aromatic carbocycles. The first-order valence-electron chi connectivity index (χ1n) is 3.85. The van der Waals surface area contributed by atoms with Gasteiger partial charge in [0.25, 0.3) is 0 Å². The van der Waals surface area contributed by atoms with E-state index in [0.29, 0.717) is 24.9 Å². The maximum atomic E-state index is 12.6. The second kappa shape index (κ2) is 2.47. The van der Waals surface area contributed by atoms with E-state index in [1.54, 1.807) is 0 Å². The lowest BCUT2D eigenvalue weighted by atomic mass is 9.92. The van der Waals surface area contributed by atoms with E-state index in [-0.39, 0.29) is 0 Å². The standard InChI is InChI=1S/C7H12FNO/c8-9-3-6-1-2-10-5-7(6)4-9/h6-7H,1-5H2. The molecule has 2 fully saturated rings. The molecule has 2 rings (SSSR count). The zero-order valence-corrected chi connectivity index (χ0v) is 5.92. The summed E-state index contributed by atoms with van der Waals surface area (Å²) in [5.74, 6) is 1.04. The van der Waals surface area contributed by atoms with Gasteiger partial charge in [0.1, 0.15) is 0 Å². The van der Waals surface area contributed by atoms with Gasteiger partial charge in [-0.2, -0.15) is 0 Å². The number of fused-ring (bicyclic) bond motifs is 1. The number of ether oxygens (including phenoxy) is 1. The van der Waals surface area contributed by atoms with Crippen molar-refractivity contribution in [2.75, 3.05) is 26.3 Å². The lowest BCUT2D eigenvalue weighted by Gasteiger charge is -2.23. The summed E-state index contributed by atoms with van der Waals surface area (Å²) in [7, 11) is 0. The minimum absolute atomic E-state index is 0.471. The summed E-state index contributed by atoms with van der Waals surface area (Å²) in [5.41, 5.74) is 0. The third kappa shape index (κ3) is 1.04. The quantitative estimate of drug-likeness (QED) is 0.468. The molecule has 2 unspecified atom stereocenters. The first-order valence-corrected chi connectivity index (χ1v) is 3.85. The van der Waals surface area contributed by atoms with Crippen molar-refractivity contribution in [2.45, 2.75) is 6.42 Å². The summed E-state index contributed by atoms with van der Waals surface area (Å²) in [6.45, 7) is 2.82. The Morgan fingerprint density at radius 3 is 2.90 bits per heavy atom. The van der Waals surface area contributed by atoms with Gasteiger partial charge in [0.15, 0.2) is 0 Å². The van der Waals surface area contributed by atoms with E-state index in [1.165, 1.54) is 0 Å². The Bertz CT molecular complexity index is 117. The molecule has 2 atom stereocenters. The van der Waals surface area contributed by atoms with Crippen LogP contribution in [0.3, 0.4) is 0 Å². The highest BCUT2D eigenvalue weighted by Gasteiger charge is 2.34. The molecule has 0 spiro atoms. The highest BCUT2D eigenvalue weighted by Crippen LogP contribution is 2.29. The second-order valence-electron chi connectivity index (χ2n) is 3.21. The van der Waals surface area contributed by atoms with E-state index in [1.807, 2.05) is 0 Å². The van der Waals surface area contributed by atoms with Gasteiger partial charge >= 0.3 is 0 Å². The molecule has 2 aliphatic heterocycles. The van der Waals surface area contributed by atoms with Crippen LogP contribution in [-0.2, 0) is 4.74 Å². The van der Waals surface area contributed by atoms with Crippen LogP contribution in [-0.4, -0.2) is 31.4 Å². The van der Waals surface area contributed by atoms with Crippen molar-refractivity contribution in [3.63, 3.8) is 0 Å². The van der Waals surface area contributed by atoms with Gasteiger partial charge in [-0.05, 0) is 12.3 Å². The number of halogens is 1. The molecular weight excluding hydrogens is 133 g/mol. The first kappa shape index (κ1) is 6.55. The Kier molecular flexibility index (Phi) is 1.62. The van der Waals surface area contributed by atoms with E-state index in [9.17, 15) is 4.48 Å². The monoisotopic (exact) mass is 145 g/mol. The lowest BCUT2D eigenvalue weighted by molar-refractivity contribution is 0.0324. The van der Waals surface area contributed by atoms with E-state index in [4.69, 9.17) is 4.74 Å². The van der Waals surface area contributed by atoms with Crippen molar-refractivity contribution >= 4 is 0 Å². The maximum Gasteiger partial charge on any atom is 0.0510 e. The Morgan fingerprint density at radius 2 is 2.10 bits per heavy atom. The van der Waals surface area contributed by atoms with Crippen molar-refractivity contribution in [3.05, 3.63) is 0 Å². The molecule has 0 saturated carbocycles. The van der Waals surface area contributed by atoms with Gasteiger partial charge in [-0.1, -0.05) is 0 Å². The van der Waals surface area contributed by atoms with Gasteiger partial charge in [-0.15, -0.1) is 9.60 Å². The molecule has 0 aliphatic carbocycles. The Morgan fingerprint density at radius 1 is 1.30 bits per heavy atom. The van der Waals surface area contributed by atoms with Crippen LogP contribution in [0.4, 0.5) is 4.48 Å². The minimum Gasteiger partial charge on any atom is -0.381 e. The third-order valence-corrected chi connectivity index (χ3v) is 2.50. The van der Waals surface area contributed by atoms with Gasteiger partial charge in [0.2, 0.25) is 0 Å². The van der Waals surface area contributed by atoms with E-state index >= 15 is 0 Å². The van der Waals surface area contributed by atoms with Crippen molar-refractivity contribution in [3.8, 4) is 0 Å². The van der Waals surface area contributed by atoms with Crippen LogP contribution >= 0.6 is 0 Å². The molecule has 2 saturated heterocycles. The van der Waals surface area contributed by atoms with Crippen molar-refractivity contribution < 1.29 is 9.22 Å². The minimum atomic E-state index is 0.471. The predicted octanol–water partition coefficient (Wildman–Crippen LogP) is 0.839. The summed E-state index contributed by atoms with van der Waals surface area (Å²) in [6.07, 6.45) is 1.05. The molecule has 0 N–H and O–H groups in total. The van der Waals surface area contributed by atoms with Gasteiger partial charge in [-0.25, -0.2) is 0 Å². The third-order valence-electron chi connectivity index (χ3n) is 2.50. The molecule has 0 amide bonds. The topological polar surface area (TPSA) is 12.5 Å². The molecule has 2 nitrogen and oxygen atoms in total. The summed E-state index contributed by atoms with van der Waals surface area (Å²) in [5, 5.41) is 0.921. The summed E-state index contributed by atoms with van der Waals surface area (Å²) < 4.78 is 17.8. The molecule has 10 heavy (non-hydrogen) atoms. The smallest absolute Gasteiger partial charge is 0.0510 e. The SMILES string of the molecule is FN1CC2CCOCC2C1. The fraction of sp³-hybridized carbons (Fsp3) is 1.00. The summed E-state index contributed by atoms with van der Waals surface area (Å²) in [6, 6.07) is 0. The van der Waals surface area contributed by atoms with Crippen LogP contribution < -0.4 is 0 Å². The summed E-state index contributed by atoms with van der Waals surface area (Å²) in [4.78, 5) is 0. The Balaban J connectivity index is 1.97. The molecule has 0 aromatic heterocycles. The average molecular weight is 145 g/mol. The molecule has 58 valence electrons. The van der Waals surface area contributed by atoms with Gasteiger partial charge < -0.3 is 4.74 Å². The van der Waals surface area contributed by atoms with Crippen LogP contribution in [0.2, 0.25) is 0 Å². The molecule has 3 heteroatoms. The molecule has 0 aromatic rings. The Hall–Kier alpha value is -0.150. The second-order valence-corrected chi connectivity index (χ2v) is 3.21.